The Labute approximate surface area is 125 Å². The molecule has 1 unspecified atom stereocenters. The van der Waals surface area contributed by atoms with E-state index in [1.165, 1.54) is 22.3 Å². The minimum absolute atomic E-state index is 0.0647. The van der Waals surface area contributed by atoms with Gasteiger partial charge >= 0.3 is 0 Å². The lowest BCUT2D eigenvalue weighted by atomic mass is 9.94. The summed E-state index contributed by atoms with van der Waals surface area (Å²) in [5.74, 6) is 5.75. The van der Waals surface area contributed by atoms with Crippen LogP contribution in [-0.2, 0) is 6.42 Å². The van der Waals surface area contributed by atoms with Gasteiger partial charge in [-0.15, -0.1) is 0 Å². The van der Waals surface area contributed by atoms with Crippen LogP contribution in [0.1, 0.15) is 33.9 Å². The van der Waals surface area contributed by atoms with Gasteiger partial charge in [0.2, 0.25) is 0 Å². The van der Waals surface area contributed by atoms with Crippen molar-refractivity contribution in [3.8, 4) is 0 Å². The smallest absolute Gasteiger partial charge is 0.0503 e. The fraction of sp³-hybridized carbons (Fsp3) is 0.294. The molecule has 2 aromatic rings. The Morgan fingerprint density at radius 1 is 1.05 bits per heavy atom. The molecule has 20 heavy (non-hydrogen) atoms. The Kier molecular flexibility index (Phi) is 4.81. The van der Waals surface area contributed by atoms with Gasteiger partial charge in [0.05, 0.1) is 6.04 Å². The number of nitrogens with one attached hydrogen (secondary N) is 1. The number of aryl methyl sites for hydroxylation is 3. The van der Waals surface area contributed by atoms with Crippen molar-refractivity contribution in [1.82, 2.24) is 5.43 Å². The highest BCUT2D eigenvalue weighted by Gasteiger charge is 2.14. The molecule has 0 spiro atoms. The summed E-state index contributed by atoms with van der Waals surface area (Å²) in [6.07, 6.45) is 0.847. The van der Waals surface area contributed by atoms with Gasteiger partial charge in [-0.2, -0.15) is 0 Å². The van der Waals surface area contributed by atoms with Crippen LogP contribution < -0.4 is 11.3 Å². The lowest BCUT2D eigenvalue weighted by Gasteiger charge is -2.19. The number of hydrogen-bond donors (Lipinski definition) is 2. The zero-order chi connectivity index (χ0) is 14.7. The third-order valence-electron chi connectivity index (χ3n) is 3.54. The van der Waals surface area contributed by atoms with E-state index >= 15 is 0 Å². The molecule has 0 bridgehead atoms. The molecule has 0 aromatic heterocycles. The minimum atomic E-state index is 0.0647. The molecule has 0 aliphatic rings. The Morgan fingerprint density at radius 2 is 1.70 bits per heavy atom. The molecule has 0 aliphatic heterocycles. The Morgan fingerprint density at radius 3 is 2.30 bits per heavy atom. The van der Waals surface area contributed by atoms with Crippen molar-refractivity contribution in [2.24, 2.45) is 5.84 Å². The second-order valence-electron chi connectivity index (χ2n) is 5.42. The lowest BCUT2D eigenvalue weighted by molar-refractivity contribution is 0.549. The summed E-state index contributed by atoms with van der Waals surface area (Å²) in [6, 6.07) is 12.6. The van der Waals surface area contributed by atoms with Crippen LogP contribution in [0.15, 0.2) is 36.4 Å². The van der Waals surface area contributed by atoms with Gasteiger partial charge in [0.1, 0.15) is 0 Å². The van der Waals surface area contributed by atoms with Crippen LogP contribution in [-0.4, -0.2) is 0 Å². The van der Waals surface area contributed by atoms with Crippen LogP contribution in [0, 0.1) is 20.8 Å². The maximum atomic E-state index is 6.10. The maximum absolute atomic E-state index is 6.10. The van der Waals surface area contributed by atoms with E-state index in [-0.39, 0.29) is 6.04 Å². The second kappa shape index (κ2) is 6.40. The lowest BCUT2D eigenvalue weighted by Crippen LogP contribution is -2.30. The summed E-state index contributed by atoms with van der Waals surface area (Å²) < 4.78 is 0. The number of nitrogens with two attached hydrogens (primary N) is 1. The van der Waals surface area contributed by atoms with Crippen molar-refractivity contribution in [2.75, 3.05) is 0 Å². The van der Waals surface area contributed by atoms with Gasteiger partial charge in [0, 0.05) is 5.02 Å². The molecule has 0 aliphatic carbocycles. The van der Waals surface area contributed by atoms with Gasteiger partial charge in [-0.05, 0) is 56.0 Å². The van der Waals surface area contributed by atoms with E-state index in [0.717, 1.165) is 17.0 Å². The fourth-order valence-electron chi connectivity index (χ4n) is 2.67. The van der Waals surface area contributed by atoms with Crippen molar-refractivity contribution in [3.05, 3.63) is 69.2 Å². The standard InChI is InChI=1S/C17H21ClN2/c1-11-6-12(2)8-14(7-11)9-17(20-19)16-10-15(18)5-4-13(16)3/h4-8,10,17,20H,9,19H2,1-3H3. The van der Waals surface area contributed by atoms with E-state index in [9.17, 15) is 0 Å². The maximum Gasteiger partial charge on any atom is 0.0503 e. The number of hydrazine groups is 1. The van der Waals surface area contributed by atoms with Crippen LogP contribution in [0.2, 0.25) is 5.02 Å². The predicted molar refractivity (Wildman–Crippen MR) is 85.9 cm³/mol. The molecule has 0 amide bonds. The van der Waals surface area contributed by atoms with Gasteiger partial charge in [0.15, 0.2) is 0 Å². The summed E-state index contributed by atoms with van der Waals surface area (Å²) in [4.78, 5) is 0. The van der Waals surface area contributed by atoms with Gasteiger partial charge in [-0.3, -0.25) is 11.3 Å². The number of rotatable bonds is 4. The zero-order valence-corrected chi connectivity index (χ0v) is 13.0. The summed E-state index contributed by atoms with van der Waals surface area (Å²) >= 11 is 6.10. The van der Waals surface area contributed by atoms with Crippen LogP contribution in [0.3, 0.4) is 0 Å². The van der Waals surface area contributed by atoms with Crippen molar-refractivity contribution in [2.45, 2.75) is 33.2 Å². The highest BCUT2D eigenvalue weighted by molar-refractivity contribution is 6.30. The first kappa shape index (κ1) is 15.0. The molecule has 0 radical (unpaired) electrons. The average Bonchev–Trinajstić information content (AvgIpc) is 2.38. The number of halogens is 1. The van der Waals surface area contributed by atoms with Crippen LogP contribution >= 0.6 is 11.6 Å². The molecule has 2 nitrogen and oxygen atoms in total. The normalized spacial score (nSPS) is 12.4. The van der Waals surface area contributed by atoms with Gasteiger partial charge in [-0.1, -0.05) is 47.0 Å². The highest BCUT2D eigenvalue weighted by atomic mass is 35.5. The second-order valence-corrected chi connectivity index (χ2v) is 5.86. The topological polar surface area (TPSA) is 38.0 Å². The predicted octanol–water partition coefficient (Wildman–Crippen LogP) is 4.01. The monoisotopic (exact) mass is 288 g/mol. The van der Waals surface area contributed by atoms with E-state index in [2.05, 4.69) is 44.4 Å². The highest BCUT2D eigenvalue weighted by Crippen LogP contribution is 2.25. The molecule has 0 saturated heterocycles. The SMILES string of the molecule is Cc1cc(C)cc(CC(NN)c2cc(Cl)ccc2C)c1. The summed E-state index contributed by atoms with van der Waals surface area (Å²) in [5.41, 5.74) is 9.10. The van der Waals surface area contributed by atoms with Crippen molar-refractivity contribution in [1.29, 1.82) is 0 Å². The van der Waals surface area contributed by atoms with Crippen molar-refractivity contribution < 1.29 is 0 Å². The Balaban J connectivity index is 2.31. The summed E-state index contributed by atoms with van der Waals surface area (Å²) in [5, 5.41) is 0.742. The third-order valence-corrected chi connectivity index (χ3v) is 3.77. The van der Waals surface area contributed by atoms with Crippen LogP contribution in [0.5, 0.6) is 0 Å². The third kappa shape index (κ3) is 3.60. The van der Waals surface area contributed by atoms with Gasteiger partial charge < -0.3 is 0 Å². The molecule has 1 atom stereocenters. The first-order valence-corrected chi connectivity index (χ1v) is 7.16. The van der Waals surface area contributed by atoms with Crippen molar-refractivity contribution >= 4 is 11.6 Å². The fourth-order valence-corrected chi connectivity index (χ4v) is 2.85. The molecule has 0 saturated carbocycles. The molecule has 0 heterocycles. The summed E-state index contributed by atoms with van der Waals surface area (Å²) in [7, 11) is 0. The largest absolute Gasteiger partial charge is 0.271 e. The Bertz CT molecular complexity index is 588. The molecular formula is C17H21ClN2. The van der Waals surface area contributed by atoms with Crippen molar-refractivity contribution in [3.63, 3.8) is 0 Å². The first-order valence-electron chi connectivity index (χ1n) is 6.79. The average molecular weight is 289 g/mol. The molecule has 2 rings (SSSR count). The molecule has 3 heteroatoms. The summed E-state index contributed by atoms with van der Waals surface area (Å²) in [6.45, 7) is 6.32. The molecular weight excluding hydrogens is 268 g/mol. The van der Waals surface area contributed by atoms with Crippen LogP contribution in [0.25, 0.3) is 0 Å². The van der Waals surface area contributed by atoms with E-state index in [4.69, 9.17) is 17.4 Å². The van der Waals surface area contributed by atoms with E-state index in [0.29, 0.717) is 0 Å². The van der Waals surface area contributed by atoms with Gasteiger partial charge in [0.25, 0.3) is 0 Å². The first-order chi connectivity index (χ1) is 9.49. The molecule has 2 aromatic carbocycles. The van der Waals surface area contributed by atoms with E-state index < -0.39 is 0 Å². The number of hydrogen-bond acceptors (Lipinski definition) is 2. The quantitative estimate of drug-likeness (QED) is 0.659. The molecule has 0 fully saturated rings. The van der Waals surface area contributed by atoms with Crippen LogP contribution in [0.4, 0.5) is 0 Å². The molecule has 106 valence electrons. The Hall–Kier alpha value is -1.35. The number of benzene rings is 2. The van der Waals surface area contributed by atoms with E-state index in [1.807, 2.05) is 18.2 Å². The van der Waals surface area contributed by atoms with Gasteiger partial charge in [-0.25, -0.2) is 0 Å². The minimum Gasteiger partial charge on any atom is -0.271 e. The zero-order valence-electron chi connectivity index (χ0n) is 12.2. The molecule has 3 N–H and O–H groups in total. The van der Waals surface area contributed by atoms with E-state index in [1.54, 1.807) is 0 Å².